The molecule has 0 amide bonds. The molecule has 1 N–H and O–H groups in total. The van der Waals surface area contributed by atoms with E-state index in [1.54, 1.807) is 0 Å². The molecule has 0 bridgehead atoms. The summed E-state index contributed by atoms with van der Waals surface area (Å²) in [6, 6.07) is 11.8. The normalized spacial score (nSPS) is 19.3. The van der Waals surface area contributed by atoms with Crippen molar-refractivity contribution in [3.05, 3.63) is 41.5 Å². The molecule has 1 aliphatic rings. The van der Waals surface area contributed by atoms with Gasteiger partial charge in [-0.1, -0.05) is 19.1 Å². The Morgan fingerprint density at radius 1 is 1.40 bits per heavy atom. The molecule has 3 heterocycles. The molecule has 6 nitrogen and oxygen atoms in total. The van der Waals surface area contributed by atoms with Crippen molar-refractivity contribution in [3.63, 3.8) is 0 Å². The maximum atomic E-state index is 11.8. The highest BCUT2D eigenvalue weighted by Crippen LogP contribution is 2.28. The molecule has 0 aliphatic carbocycles. The lowest BCUT2D eigenvalue weighted by molar-refractivity contribution is 0.602. The topological polar surface area (TPSA) is 87.3 Å². The van der Waals surface area contributed by atoms with Gasteiger partial charge in [0.25, 0.3) is 0 Å². The third-order valence-electron chi connectivity index (χ3n) is 4.73. The number of aryl methyl sites for hydroxylation is 1. The monoisotopic (exact) mass is 354 g/mol. The molecule has 1 saturated heterocycles. The van der Waals surface area contributed by atoms with Gasteiger partial charge in [-0.2, -0.15) is 5.26 Å². The van der Waals surface area contributed by atoms with Gasteiger partial charge in [-0.15, -0.1) is 0 Å². The highest BCUT2D eigenvalue weighted by atomic mass is 32.2. The Labute approximate surface area is 146 Å². The summed E-state index contributed by atoms with van der Waals surface area (Å²) in [5, 5.41) is 13.0. The van der Waals surface area contributed by atoms with Crippen LogP contribution in [0, 0.1) is 11.3 Å². The molecule has 7 heteroatoms. The van der Waals surface area contributed by atoms with Crippen LogP contribution in [0.2, 0.25) is 0 Å². The molecule has 1 atom stereocenters. The van der Waals surface area contributed by atoms with E-state index in [-0.39, 0.29) is 17.5 Å². The van der Waals surface area contributed by atoms with Crippen molar-refractivity contribution in [2.45, 2.75) is 25.8 Å². The number of nitriles is 1. The predicted octanol–water partition coefficient (Wildman–Crippen LogP) is 2.52. The summed E-state index contributed by atoms with van der Waals surface area (Å²) in [5.74, 6) is 1.15. The minimum Gasteiger partial charge on any atom is -0.367 e. The molecular weight excluding hydrogens is 336 g/mol. The molecule has 1 aromatic carbocycles. The van der Waals surface area contributed by atoms with Crippen LogP contribution in [0.3, 0.4) is 0 Å². The number of aromatic nitrogens is 2. The van der Waals surface area contributed by atoms with Crippen molar-refractivity contribution in [2.24, 2.45) is 0 Å². The van der Waals surface area contributed by atoms with Crippen LogP contribution in [0.1, 0.15) is 24.5 Å². The van der Waals surface area contributed by atoms with Crippen LogP contribution in [0.15, 0.2) is 30.3 Å². The van der Waals surface area contributed by atoms with Crippen molar-refractivity contribution in [1.29, 1.82) is 5.26 Å². The fourth-order valence-electron chi connectivity index (χ4n) is 3.51. The zero-order chi connectivity index (χ0) is 17.6. The van der Waals surface area contributed by atoms with Crippen molar-refractivity contribution in [3.8, 4) is 6.07 Å². The number of benzene rings is 1. The van der Waals surface area contributed by atoms with Gasteiger partial charge in [0.15, 0.2) is 15.5 Å². The zero-order valence-corrected chi connectivity index (χ0v) is 14.7. The SMILES string of the molecule is CCc1cc(N[C@@H]2CCS(=O)(=O)C2)n2c(nc3ccccc32)c1C#N. The minimum absolute atomic E-state index is 0.119. The molecule has 0 spiro atoms. The van der Waals surface area contributed by atoms with E-state index in [1.807, 2.05) is 41.7 Å². The van der Waals surface area contributed by atoms with E-state index in [0.717, 1.165) is 22.4 Å². The second-order valence-electron chi connectivity index (χ2n) is 6.40. The summed E-state index contributed by atoms with van der Waals surface area (Å²) >= 11 is 0. The van der Waals surface area contributed by atoms with Gasteiger partial charge in [0.05, 0.1) is 28.1 Å². The van der Waals surface area contributed by atoms with Crippen LogP contribution in [0.25, 0.3) is 16.7 Å². The standard InChI is InChI=1S/C18H18N4O2S/c1-2-12-9-17(20-13-7-8-25(23,24)11-13)22-16-6-4-3-5-15(16)21-18(22)14(12)10-19/h3-6,9,13,20H,2,7-8,11H2,1H3/t13-/m1/s1. The molecule has 1 fully saturated rings. The molecule has 128 valence electrons. The average molecular weight is 354 g/mol. The number of pyridine rings is 1. The molecule has 3 aromatic rings. The maximum Gasteiger partial charge on any atom is 0.157 e. The third kappa shape index (κ3) is 2.63. The summed E-state index contributed by atoms with van der Waals surface area (Å²) in [4.78, 5) is 4.64. The number of imidazole rings is 1. The van der Waals surface area contributed by atoms with Gasteiger partial charge in [-0.25, -0.2) is 13.4 Å². The number of hydrogen-bond acceptors (Lipinski definition) is 5. The quantitative estimate of drug-likeness (QED) is 0.781. The minimum atomic E-state index is -2.97. The number of nitrogens with one attached hydrogen (secondary N) is 1. The molecule has 4 rings (SSSR count). The molecule has 2 aromatic heterocycles. The lowest BCUT2D eigenvalue weighted by atomic mass is 10.1. The van der Waals surface area contributed by atoms with Crippen LogP contribution >= 0.6 is 0 Å². The van der Waals surface area contributed by atoms with Gasteiger partial charge in [0.1, 0.15) is 11.9 Å². The molecule has 0 unspecified atom stereocenters. The number of sulfone groups is 1. The lowest BCUT2D eigenvalue weighted by Crippen LogP contribution is -2.22. The summed E-state index contributed by atoms with van der Waals surface area (Å²) < 4.78 is 25.5. The smallest absolute Gasteiger partial charge is 0.157 e. The largest absolute Gasteiger partial charge is 0.367 e. The number of nitrogens with zero attached hydrogens (tertiary/aromatic N) is 3. The molecule has 25 heavy (non-hydrogen) atoms. The first-order chi connectivity index (χ1) is 12.0. The van der Waals surface area contributed by atoms with Crippen LogP contribution in [0.5, 0.6) is 0 Å². The Kier molecular flexibility index (Phi) is 3.65. The van der Waals surface area contributed by atoms with Crippen molar-refractivity contribution in [2.75, 3.05) is 16.8 Å². The average Bonchev–Trinajstić information content (AvgIpc) is 3.14. The zero-order valence-electron chi connectivity index (χ0n) is 13.9. The Bertz CT molecular complexity index is 1130. The van der Waals surface area contributed by atoms with Gasteiger partial charge in [0, 0.05) is 6.04 Å². The predicted molar refractivity (Wildman–Crippen MR) is 97.5 cm³/mol. The summed E-state index contributed by atoms with van der Waals surface area (Å²) in [7, 11) is -2.97. The number of hydrogen-bond donors (Lipinski definition) is 1. The number of rotatable bonds is 3. The molecular formula is C18H18N4O2S. The van der Waals surface area contributed by atoms with Crippen LogP contribution in [0.4, 0.5) is 5.82 Å². The van der Waals surface area contributed by atoms with Gasteiger partial charge in [-0.05, 0) is 36.6 Å². The Morgan fingerprint density at radius 3 is 2.88 bits per heavy atom. The van der Waals surface area contributed by atoms with E-state index in [2.05, 4.69) is 16.4 Å². The van der Waals surface area contributed by atoms with Crippen LogP contribution < -0.4 is 5.32 Å². The van der Waals surface area contributed by atoms with E-state index in [4.69, 9.17) is 0 Å². The molecule has 0 radical (unpaired) electrons. The maximum absolute atomic E-state index is 11.8. The molecule has 0 saturated carbocycles. The number of para-hydroxylation sites is 2. The second kappa shape index (κ2) is 5.74. The first-order valence-corrected chi connectivity index (χ1v) is 10.1. The van der Waals surface area contributed by atoms with Crippen LogP contribution in [-0.2, 0) is 16.3 Å². The highest BCUT2D eigenvalue weighted by molar-refractivity contribution is 7.91. The fraction of sp³-hybridized carbons (Fsp3) is 0.333. The number of fused-ring (bicyclic) bond motifs is 3. The summed E-state index contributed by atoms with van der Waals surface area (Å²) in [6.45, 7) is 2.00. The van der Waals surface area contributed by atoms with E-state index in [1.165, 1.54) is 0 Å². The van der Waals surface area contributed by atoms with E-state index >= 15 is 0 Å². The Balaban J connectivity index is 1.95. The van der Waals surface area contributed by atoms with Crippen molar-refractivity contribution in [1.82, 2.24) is 9.38 Å². The first kappa shape index (κ1) is 15.9. The summed E-state index contributed by atoms with van der Waals surface area (Å²) in [6.07, 6.45) is 1.30. The van der Waals surface area contributed by atoms with E-state index < -0.39 is 9.84 Å². The number of anilines is 1. The van der Waals surface area contributed by atoms with Gasteiger partial charge < -0.3 is 5.32 Å². The van der Waals surface area contributed by atoms with Gasteiger partial charge >= 0.3 is 0 Å². The van der Waals surface area contributed by atoms with Gasteiger partial charge in [0.2, 0.25) is 0 Å². The third-order valence-corrected chi connectivity index (χ3v) is 6.50. The Morgan fingerprint density at radius 2 is 2.20 bits per heavy atom. The second-order valence-corrected chi connectivity index (χ2v) is 8.63. The van der Waals surface area contributed by atoms with E-state index in [9.17, 15) is 13.7 Å². The van der Waals surface area contributed by atoms with Crippen molar-refractivity contribution < 1.29 is 8.42 Å². The van der Waals surface area contributed by atoms with Gasteiger partial charge in [-0.3, -0.25) is 4.40 Å². The fourth-order valence-corrected chi connectivity index (χ4v) is 5.18. The highest BCUT2D eigenvalue weighted by Gasteiger charge is 2.28. The first-order valence-electron chi connectivity index (χ1n) is 8.32. The molecule has 1 aliphatic heterocycles. The van der Waals surface area contributed by atoms with Crippen molar-refractivity contribution >= 4 is 32.3 Å². The lowest BCUT2D eigenvalue weighted by Gasteiger charge is -2.17. The summed E-state index contributed by atoms with van der Waals surface area (Å²) in [5.41, 5.74) is 3.82. The van der Waals surface area contributed by atoms with Crippen LogP contribution in [-0.4, -0.2) is 35.4 Å². The Hall–Kier alpha value is -2.59. The van der Waals surface area contributed by atoms with E-state index in [0.29, 0.717) is 24.1 Å².